The maximum absolute atomic E-state index is 11.8. The van der Waals surface area contributed by atoms with Crippen LogP contribution >= 0.6 is 23.5 Å². The van der Waals surface area contributed by atoms with Crippen molar-refractivity contribution < 1.29 is 14.6 Å². The van der Waals surface area contributed by atoms with Crippen molar-refractivity contribution in [2.75, 3.05) is 11.5 Å². The monoisotopic (exact) mass is 398 g/mol. The Balaban J connectivity index is 1.65. The van der Waals surface area contributed by atoms with Gasteiger partial charge in [0.25, 0.3) is 0 Å². The highest BCUT2D eigenvalue weighted by atomic mass is 32.2. The van der Waals surface area contributed by atoms with Crippen molar-refractivity contribution in [2.45, 2.75) is 82.5 Å². The molecule has 0 aromatic carbocycles. The number of hydrogen-bond donors (Lipinski definition) is 1. The summed E-state index contributed by atoms with van der Waals surface area (Å²) < 4.78 is 6.39. The SMILES string of the molecule is CC(=O)OC1CC2CCCCC2(C)C2CC(O)C(C)(C3SCCS3)CC12. The van der Waals surface area contributed by atoms with Crippen LogP contribution in [0, 0.1) is 28.6 Å². The number of aliphatic hydroxyl groups excluding tert-OH is 1. The molecule has 5 heteroatoms. The first kappa shape index (κ1) is 19.4. The minimum absolute atomic E-state index is 0.0527. The van der Waals surface area contributed by atoms with E-state index in [-0.39, 0.29) is 23.6 Å². The van der Waals surface area contributed by atoms with Gasteiger partial charge in [-0.2, -0.15) is 0 Å². The van der Waals surface area contributed by atoms with Crippen LogP contribution in [0.4, 0.5) is 0 Å². The minimum atomic E-state index is -0.234. The van der Waals surface area contributed by atoms with Gasteiger partial charge in [-0.3, -0.25) is 4.79 Å². The lowest BCUT2D eigenvalue weighted by Gasteiger charge is -2.61. The molecule has 7 atom stereocenters. The summed E-state index contributed by atoms with van der Waals surface area (Å²) in [5, 5.41) is 11.3. The highest BCUT2D eigenvalue weighted by Crippen LogP contribution is 2.64. The standard InChI is InChI=1S/C21H34O3S2/c1-13(22)24-17-10-14-6-4-5-7-20(14,2)16-11-18(23)21(3,12-15(16)17)19-25-8-9-26-19/h14-19,23H,4-12H2,1-3H3. The van der Waals surface area contributed by atoms with Gasteiger partial charge >= 0.3 is 5.97 Å². The molecule has 148 valence electrons. The Labute approximate surface area is 166 Å². The smallest absolute Gasteiger partial charge is 0.302 e. The first-order valence-electron chi connectivity index (χ1n) is 10.4. The quantitative estimate of drug-likeness (QED) is 0.682. The number of carbonyl (C=O) groups excluding carboxylic acids is 1. The van der Waals surface area contributed by atoms with Gasteiger partial charge in [0.1, 0.15) is 6.10 Å². The lowest BCUT2D eigenvalue weighted by atomic mass is 9.46. The molecule has 4 aliphatic rings. The molecule has 3 aliphatic carbocycles. The van der Waals surface area contributed by atoms with Gasteiger partial charge in [-0.25, -0.2) is 0 Å². The van der Waals surface area contributed by atoms with Crippen LogP contribution < -0.4 is 0 Å². The fourth-order valence-corrected chi connectivity index (χ4v) is 10.1. The van der Waals surface area contributed by atoms with Crippen molar-refractivity contribution in [3.05, 3.63) is 0 Å². The summed E-state index contributed by atoms with van der Waals surface area (Å²) in [6, 6.07) is 0. The summed E-state index contributed by atoms with van der Waals surface area (Å²) in [5.74, 6) is 3.80. The van der Waals surface area contributed by atoms with E-state index in [9.17, 15) is 9.90 Å². The number of aliphatic hydroxyl groups is 1. The fraction of sp³-hybridized carbons (Fsp3) is 0.952. The first-order valence-corrected chi connectivity index (χ1v) is 12.5. The molecule has 3 saturated carbocycles. The molecule has 3 nitrogen and oxygen atoms in total. The van der Waals surface area contributed by atoms with Gasteiger partial charge in [-0.15, -0.1) is 23.5 Å². The lowest BCUT2D eigenvalue weighted by Crippen LogP contribution is -2.59. The van der Waals surface area contributed by atoms with E-state index in [0.29, 0.717) is 27.8 Å². The molecular weight excluding hydrogens is 364 g/mol. The zero-order valence-electron chi connectivity index (χ0n) is 16.4. The Bertz CT molecular complexity index is 549. The molecule has 0 aromatic heterocycles. The van der Waals surface area contributed by atoms with Crippen LogP contribution in [-0.4, -0.2) is 39.4 Å². The van der Waals surface area contributed by atoms with Crippen LogP contribution in [0.2, 0.25) is 0 Å². The second-order valence-electron chi connectivity index (χ2n) is 9.64. The number of rotatable bonds is 2. The number of ether oxygens (including phenoxy) is 1. The predicted octanol–water partition coefficient (Wildman–Crippen LogP) is 4.72. The Morgan fingerprint density at radius 1 is 1.12 bits per heavy atom. The average Bonchev–Trinajstić information content (AvgIpc) is 3.12. The Kier molecular flexibility index (Phi) is 5.37. The van der Waals surface area contributed by atoms with E-state index in [0.717, 1.165) is 19.3 Å². The van der Waals surface area contributed by atoms with Gasteiger partial charge < -0.3 is 9.84 Å². The van der Waals surface area contributed by atoms with Crippen LogP contribution in [0.25, 0.3) is 0 Å². The van der Waals surface area contributed by atoms with Crippen LogP contribution in [0.5, 0.6) is 0 Å². The highest BCUT2D eigenvalue weighted by Gasteiger charge is 2.60. The molecule has 1 saturated heterocycles. The maximum atomic E-state index is 11.8. The summed E-state index contributed by atoms with van der Waals surface area (Å²) in [4.78, 5) is 11.8. The van der Waals surface area contributed by atoms with Gasteiger partial charge in [0.15, 0.2) is 0 Å². The molecule has 7 unspecified atom stereocenters. The Morgan fingerprint density at radius 2 is 1.85 bits per heavy atom. The summed E-state index contributed by atoms with van der Waals surface area (Å²) >= 11 is 4.05. The van der Waals surface area contributed by atoms with E-state index in [1.807, 2.05) is 23.5 Å². The highest BCUT2D eigenvalue weighted by molar-refractivity contribution is 8.20. The number of carbonyl (C=O) groups is 1. The van der Waals surface area contributed by atoms with Gasteiger partial charge in [0.2, 0.25) is 0 Å². The molecule has 0 bridgehead atoms. The van der Waals surface area contributed by atoms with Crippen molar-refractivity contribution in [3.63, 3.8) is 0 Å². The van der Waals surface area contributed by atoms with Crippen LogP contribution in [-0.2, 0) is 9.53 Å². The predicted molar refractivity (Wildman–Crippen MR) is 109 cm³/mol. The summed E-state index contributed by atoms with van der Waals surface area (Å²) in [6.07, 6.45) is 7.92. The molecule has 0 radical (unpaired) electrons. The van der Waals surface area contributed by atoms with E-state index >= 15 is 0 Å². The van der Waals surface area contributed by atoms with Crippen LogP contribution in [0.15, 0.2) is 0 Å². The second kappa shape index (κ2) is 7.18. The third kappa shape index (κ3) is 3.14. The van der Waals surface area contributed by atoms with Crippen LogP contribution in [0.1, 0.15) is 65.7 Å². The Hall–Kier alpha value is 0.130. The average molecular weight is 399 g/mol. The first-order chi connectivity index (χ1) is 12.3. The summed E-state index contributed by atoms with van der Waals surface area (Å²) in [7, 11) is 0. The van der Waals surface area contributed by atoms with E-state index in [2.05, 4.69) is 13.8 Å². The third-order valence-corrected chi connectivity index (χ3v) is 11.8. The molecule has 4 rings (SSSR count). The third-order valence-electron chi connectivity index (χ3n) is 8.20. The summed E-state index contributed by atoms with van der Waals surface area (Å²) in [6.45, 7) is 6.33. The maximum Gasteiger partial charge on any atom is 0.302 e. The number of esters is 1. The van der Waals surface area contributed by atoms with Gasteiger partial charge in [0.05, 0.1) is 10.7 Å². The fourth-order valence-electron chi connectivity index (χ4n) is 6.72. The molecule has 0 aromatic rings. The van der Waals surface area contributed by atoms with Crippen molar-refractivity contribution >= 4 is 29.5 Å². The van der Waals surface area contributed by atoms with E-state index in [1.54, 1.807) is 6.92 Å². The van der Waals surface area contributed by atoms with Crippen molar-refractivity contribution in [3.8, 4) is 0 Å². The normalized spacial score (nSPS) is 49.3. The molecule has 1 aliphatic heterocycles. The Morgan fingerprint density at radius 3 is 2.54 bits per heavy atom. The lowest BCUT2D eigenvalue weighted by molar-refractivity contribution is -0.186. The van der Waals surface area contributed by atoms with Crippen LogP contribution in [0.3, 0.4) is 0 Å². The molecule has 1 heterocycles. The molecule has 26 heavy (non-hydrogen) atoms. The van der Waals surface area contributed by atoms with Crippen molar-refractivity contribution in [1.82, 2.24) is 0 Å². The topological polar surface area (TPSA) is 46.5 Å². The molecule has 4 fully saturated rings. The molecular formula is C21H34O3S2. The molecule has 0 amide bonds. The second-order valence-corrected chi connectivity index (χ2v) is 12.4. The number of hydrogen-bond acceptors (Lipinski definition) is 5. The van der Waals surface area contributed by atoms with Crippen molar-refractivity contribution in [1.29, 1.82) is 0 Å². The zero-order valence-corrected chi connectivity index (χ0v) is 18.0. The van der Waals surface area contributed by atoms with Crippen molar-refractivity contribution in [2.24, 2.45) is 28.6 Å². The van der Waals surface area contributed by atoms with E-state index in [1.165, 1.54) is 37.2 Å². The van der Waals surface area contributed by atoms with Gasteiger partial charge in [0, 0.05) is 29.8 Å². The van der Waals surface area contributed by atoms with Gasteiger partial charge in [-0.05, 0) is 49.4 Å². The minimum Gasteiger partial charge on any atom is -0.462 e. The number of fused-ring (bicyclic) bond motifs is 3. The zero-order chi connectivity index (χ0) is 18.5. The molecule has 1 N–H and O–H groups in total. The van der Waals surface area contributed by atoms with Gasteiger partial charge in [-0.1, -0.05) is 26.7 Å². The van der Waals surface area contributed by atoms with E-state index < -0.39 is 0 Å². The van der Waals surface area contributed by atoms with E-state index in [4.69, 9.17) is 4.74 Å². The number of thioether (sulfide) groups is 2. The largest absolute Gasteiger partial charge is 0.462 e. The summed E-state index contributed by atoms with van der Waals surface area (Å²) in [5.41, 5.74) is 0.251. The molecule has 0 spiro atoms.